The standard InChI is InChI=1S/C46H36N3O.Pt/c1-29-13-17-33(18-14-29)35-21-22-47-42(28-35)38-26-36(34-19-15-30(2)16-20-34)25-37(27-38)40-11-8-12-43-44(40)48-46(49(43)39-9-6-5-7-10-39)41-24-31(3)23-32(4)45(41)50;/h5-26,28,50H,1-4H3;/q-1;/i1D3,13D,14D,17D,18D,21D,22D,28D;. The van der Waals surface area contributed by atoms with Gasteiger partial charge < -0.3 is 5.11 Å². The average molecular weight is 852 g/mol. The van der Waals surface area contributed by atoms with Crippen LogP contribution in [0.25, 0.3) is 72.7 Å². The summed E-state index contributed by atoms with van der Waals surface area (Å²) in [6, 6.07) is 29.9. The van der Waals surface area contributed by atoms with Gasteiger partial charge in [-0.05, 0) is 85.7 Å². The molecule has 0 unspecified atom stereocenters. The van der Waals surface area contributed by atoms with Gasteiger partial charge in [0.25, 0.3) is 0 Å². The van der Waals surface area contributed by atoms with Gasteiger partial charge in [0.05, 0.1) is 26.2 Å². The number of rotatable bonds is 6. The molecule has 51 heavy (non-hydrogen) atoms. The maximum atomic E-state index is 11.4. The minimum absolute atomic E-state index is 0. The Morgan fingerprint density at radius 1 is 0.686 bits per heavy atom. The zero-order chi connectivity index (χ0) is 42.9. The van der Waals surface area contributed by atoms with Crippen LogP contribution >= 0.6 is 0 Å². The van der Waals surface area contributed by atoms with Crippen LogP contribution in [-0.2, 0) is 21.1 Å². The Morgan fingerprint density at radius 2 is 1.45 bits per heavy atom. The number of phenols is 1. The molecule has 0 aliphatic rings. The summed E-state index contributed by atoms with van der Waals surface area (Å²) in [5.74, 6) is 0.616. The van der Waals surface area contributed by atoms with Gasteiger partial charge in [-0.3, -0.25) is 9.55 Å². The van der Waals surface area contributed by atoms with Crippen molar-refractivity contribution in [1.82, 2.24) is 14.5 Å². The number of para-hydroxylation sites is 2. The Balaban J connectivity index is 0.00000561. The summed E-state index contributed by atoms with van der Waals surface area (Å²) in [6.45, 7) is 2.81. The molecule has 0 bridgehead atoms. The Hall–Kier alpha value is -5.57. The van der Waals surface area contributed by atoms with Crippen LogP contribution in [0.15, 0.2) is 139 Å². The summed E-state index contributed by atoms with van der Waals surface area (Å²) in [6.07, 6.45) is -0.593. The average Bonchev–Trinajstić information content (AvgIpc) is 3.61. The third kappa shape index (κ3) is 6.56. The van der Waals surface area contributed by atoms with E-state index in [4.69, 9.17) is 17.3 Å². The number of aromatic hydroxyl groups is 1. The zero-order valence-electron chi connectivity index (χ0n) is 37.8. The van der Waals surface area contributed by atoms with Crippen molar-refractivity contribution in [3.05, 3.63) is 168 Å². The molecule has 0 saturated heterocycles. The number of imidazole rings is 1. The van der Waals surface area contributed by atoms with Gasteiger partial charge in [-0.15, -0.1) is 23.8 Å². The van der Waals surface area contributed by atoms with E-state index in [1.165, 1.54) is 0 Å². The summed E-state index contributed by atoms with van der Waals surface area (Å²) >= 11 is 0. The van der Waals surface area contributed by atoms with Gasteiger partial charge in [-0.2, -0.15) is 0 Å². The van der Waals surface area contributed by atoms with E-state index in [0.29, 0.717) is 39.2 Å². The molecule has 252 valence electrons. The van der Waals surface area contributed by atoms with E-state index in [9.17, 15) is 6.48 Å². The normalized spacial score (nSPS) is 14.1. The number of aryl methyl sites for hydroxylation is 3. The van der Waals surface area contributed by atoms with Gasteiger partial charge in [0, 0.05) is 42.7 Å². The number of pyridine rings is 1. The van der Waals surface area contributed by atoms with Crippen LogP contribution in [0.2, 0.25) is 0 Å². The molecule has 2 heterocycles. The Bertz CT molecular complexity index is 3010. The predicted molar refractivity (Wildman–Crippen MR) is 205 cm³/mol. The van der Waals surface area contributed by atoms with Crippen LogP contribution in [-0.4, -0.2) is 19.6 Å². The Kier molecular flexibility index (Phi) is 6.51. The fraction of sp³-hybridized carbons (Fsp3) is 0.0870. The monoisotopic (exact) mass is 851 g/mol. The number of hydrogen-bond acceptors (Lipinski definition) is 3. The predicted octanol–water partition coefficient (Wildman–Crippen LogP) is 11.5. The number of aromatic nitrogens is 3. The zero-order valence-corrected chi connectivity index (χ0v) is 30.1. The second-order valence-electron chi connectivity index (χ2n) is 12.3. The van der Waals surface area contributed by atoms with Gasteiger partial charge in [-0.25, -0.2) is 4.98 Å². The molecule has 5 heteroatoms. The molecule has 0 fully saturated rings. The summed E-state index contributed by atoms with van der Waals surface area (Å²) in [7, 11) is 0. The van der Waals surface area contributed by atoms with Crippen molar-refractivity contribution in [2.45, 2.75) is 27.6 Å². The number of nitrogens with zero attached hydrogens (tertiary/aromatic N) is 3. The number of benzene rings is 6. The molecule has 8 aromatic rings. The first-order valence-corrected chi connectivity index (χ1v) is 16.1. The summed E-state index contributed by atoms with van der Waals surface area (Å²) in [4.78, 5) is 9.58. The first-order valence-electron chi connectivity index (χ1n) is 21.1. The second kappa shape index (κ2) is 14.0. The minimum Gasteiger partial charge on any atom is -0.507 e. The van der Waals surface area contributed by atoms with Crippen LogP contribution in [0.4, 0.5) is 0 Å². The number of phenolic OH excluding ortho intramolecular Hbond substituents is 1. The summed E-state index contributed by atoms with van der Waals surface area (Å²) < 4.78 is 87.1. The van der Waals surface area contributed by atoms with Crippen molar-refractivity contribution >= 4 is 11.0 Å². The molecule has 0 amide bonds. The smallest absolute Gasteiger partial charge is 0.148 e. The largest absolute Gasteiger partial charge is 0.507 e. The molecule has 0 aliphatic carbocycles. The topological polar surface area (TPSA) is 50.9 Å². The van der Waals surface area contributed by atoms with Crippen molar-refractivity contribution in [2.24, 2.45) is 0 Å². The van der Waals surface area contributed by atoms with Gasteiger partial charge in [0.15, 0.2) is 0 Å². The van der Waals surface area contributed by atoms with E-state index >= 15 is 0 Å². The minimum atomic E-state index is -2.96. The summed E-state index contributed by atoms with van der Waals surface area (Å²) in [5, 5.41) is 11.4. The third-order valence-corrected chi connectivity index (χ3v) is 8.65. The van der Waals surface area contributed by atoms with Crippen molar-refractivity contribution in [2.75, 3.05) is 0 Å². The molecule has 0 spiro atoms. The van der Waals surface area contributed by atoms with Crippen molar-refractivity contribution in [3.63, 3.8) is 0 Å². The third-order valence-electron chi connectivity index (χ3n) is 8.65. The van der Waals surface area contributed by atoms with Gasteiger partial charge in [-0.1, -0.05) is 119 Å². The fourth-order valence-corrected chi connectivity index (χ4v) is 6.23. The van der Waals surface area contributed by atoms with Crippen LogP contribution in [0.1, 0.15) is 36.0 Å². The maximum Gasteiger partial charge on any atom is 0.148 e. The molecule has 0 atom stereocenters. The van der Waals surface area contributed by atoms with Crippen LogP contribution < -0.4 is 0 Å². The molecule has 8 rings (SSSR count). The first-order chi connectivity index (χ1) is 28.5. The van der Waals surface area contributed by atoms with Crippen molar-refractivity contribution < 1.29 is 39.9 Å². The van der Waals surface area contributed by atoms with Crippen molar-refractivity contribution in [3.8, 4) is 67.5 Å². The molecule has 0 radical (unpaired) electrons. The summed E-state index contributed by atoms with van der Waals surface area (Å²) in [5.41, 5.74) is 6.56. The molecule has 2 aromatic heterocycles. The molecular weight excluding hydrogens is 806 g/mol. The van der Waals surface area contributed by atoms with E-state index in [-0.39, 0.29) is 38.1 Å². The molecule has 4 nitrogen and oxygen atoms in total. The van der Waals surface area contributed by atoms with Crippen LogP contribution in [0.5, 0.6) is 5.75 Å². The van der Waals surface area contributed by atoms with Crippen LogP contribution in [0, 0.1) is 33.7 Å². The van der Waals surface area contributed by atoms with E-state index < -0.39 is 66.0 Å². The first kappa shape index (κ1) is 23.8. The molecule has 6 aromatic carbocycles. The van der Waals surface area contributed by atoms with Gasteiger partial charge >= 0.3 is 0 Å². The van der Waals surface area contributed by atoms with E-state index in [0.717, 1.165) is 27.9 Å². The quantitative estimate of drug-likeness (QED) is 0.170. The van der Waals surface area contributed by atoms with Gasteiger partial charge in [0.2, 0.25) is 0 Å². The molecule has 1 N–H and O–H groups in total. The second-order valence-corrected chi connectivity index (χ2v) is 12.3. The Labute approximate surface area is 327 Å². The van der Waals surface area contributed by atoms with Crippen molar-refractivity contribution in [1.29, 1.82) is 0 Å². The Morgan fingerprint density at radius 3 is 2.22 bits per heavy atom. The number of hydrogen-bond donors (Lipinski definition) is 1. The SMILES string of the molecule is [2H]c1nc(-c2[c-]c(-c3cccc4c3nc(-c3cc(C)cc(C)c3O)n4-c3ccccc3)cc(-c3ccc(C)cc3)c2)c([2H])c(-c2c([2H])c([2H])c(C([2H])([2H])[2H])c([2H])c2[2H])c1[2H].[Pt]. The van der Waals surface area contributed by atoms with E-state index in [1.807, 2.05) is 116 Å². The molecule has 0 saturated carbocycles. The maximum absolute atomic E-state index is 11.4. The fourth-order valence-electron chi connectivity index (χ4n) is 6.23. The molecule has 0 aliphatic heterocycles. The number of fused-ring (bicyclic) bond motifs is 1. The van der Waals surface area contributed by atoms with Gasteiger partial charge in [0.1, 0.15) is 11.6 Å². The molecular formula is C46H36N3OPt-. The van der Waals surface area contributed by atoms with E-state index in [2.05, 4.69) is 11.1 Å². The van der Waals surface area contributed by atoms with Crippen LogP contribution in [0.3, 0.4) is 0 Å². The van der Waals surface area contributed by atoms with E-state index in [1.54, 1.807) is 6.07 Å².